The van der Waals surface area contributed by atoms with E-state index in [0.29, 0.717) is 30.0 Å². The Bertz CT molecular complexity index is 848. The van der Waals surface area contributed by atoms with E-state index in [1.54, 1.807) is 36.9 Å². The quantitative estimate of drug-likeness (QED) is 0.324. The molecule has 0 saturated heterocycles. The minimum Gasteiger partial charge on any atom is -0.354 e. The average molecular weight is 465 g/mol. The van der Waals surface area contributed by atoms with Crippen LogP contribution in [0.3, 0.4) is 0 Å². The lowest BCUT2D eigenvalue weighted by molar-refractivity contribution is -0.140. The smallest absolute Gasteiger partial charge is 0.242 e. The van der Waals surface area contributed by atoms with Gasteiger partial charge in [0.2, 0.25) is 11.8 Å². The van der Waals surface area contributed by atoms with Crippen LogP contribution in [-0.4, -0.2) is 35.1 Å². The molecule has 168 valence electrons. The maximum atomic E-state index is 14.2. The summed E-state index contributed by atoms with van der Waals surface area (Å²) in [6.45, 7) is 4.38. The number of hydrogen-bond acceptors (Lipinski definition) is 3. The van der Waals surface area contributed by atoms with E-state index in [0.717, 1.165) is 23.5 Å². The second-order valence-corrected chi connectivity index (χ2v) is 8.94. The standard InChI is InChI=1S/C24H30ClFN2O2S/c1-3-4-15-27-24(30)18(2)28(17-19-8-5-6-9-22(19)26)23(29)10-7-16-31-21-13-11-20(25)12-14-21/h5-6,8-9,11-14,18H,3-4,7,10,15-17H2,1-2H3,(H,27,30)/t18-/m1/s1. The summed E-state index contributed by atoms with van der Waals surface area (Å²) in [5.41, 5.74) is 0.402. The van der Waals surface area contributed by atoms with Crippen LogP contribution in [0.25, 0.3) is 0 Å². The molecule has 0 bridgehead atoms. The lowest BCUT2D eigenvalue weighted by Crippen LogP contribution is -2.47. The summed E-state index contributed by atoms with van der Waals surface area (Å²) in [5.74, 6) is 0.0156. The number of benzene rings is 2. The first kappa shape index (κ1) is 25.2. The van der Waals surface area contributed by atoms with Crippen molar-refractivity contribution >= 4 is 35.2 Å². The fraction of sp³-hybridized carbons (Fsp3) is 0.417. The van der Waals surface area contributed by atoms with E-state index in [4.69, 9.17) is 11.6 Å². The Morgan fingerprint density at radius 3 is 2.52 bits per heavy atom. The highest BCUT2D eigenvalue weighted by Crippen LogP contribution is 2.22. The van der Waals surface area contributed by atoms with Crippen molar-refractivity contribution in [2.75, 3.05) is 12.3 Å². The lowest BCUT2D eigenvalue weighted by atomic mass is 10.1. The summed E-state index contributed by atoms with van der Waals surface area (Å²) in [4.78, 5) is 28.1. The van der Waals surface area contributed by atoms with Gasteiger partial charge in [0.25, 0.3) is 0 Å². The Morgan fingerprint density at radius 1 is 1.13 bits per heavy atom. The maximum Gasteiger partial charge on any atom is 0.242 e. The summed E-state index contributed by atoms with van der Waals surface area (Å²) in [7, 11) is 0. The van der Waals surface area contributed by atoms with Gasteiger partial charge < -0.3 is 10.2 Å². The molecule has 0 radical (unpaired) electrons. The first-order valence-corrected chi connectivity index (χ1v) is 12.0. The topological polar surface area (TPSA) is 49.4 Å². The number of carbonyl (C=O) groups is 2. The zero-order chi connectivity index (χ0) is 22.6. The molecule has 4 nitrogen and oxygen atoms in total. The van der Waals surface area contributed by atoms with Gasteiger partial charge in [-0.25, -0.2) is 4.39 Å². The monoisotopic (exact) mass is 464 g/mol. The van der Waals surface area contributed by atoms with Crippen LogP contribution in [0.5, 0.6) is 0 Å². The van der Waals surface area contributed by atoms with E-state index in [2.05, 4.69) is 5.32 Å². The SMILES string of the molecule is CCCCNC(=O)[C@@H](C)N(Cc1ccccc1F)C(=O)CCCSc1ccc(Cl)cc1. The van der Waals surface area contributed by atoms with E-state index < -0.39 is 6.04 Å². The number of carbonyl (C=O) groups excluding carboxylic acids is 2. The van der Waals surface area contributed by atoms with Crippen LogP contribution < -0.4 is 5.32 Å². The van der Waals surface area contributed by atoms with Gasteiger partial charge in [-0.15, -0.1) is 11.8 Å². The van der Waals surface area contributed by atoms with Crippen LogP contribution in [0.2, 0.25) is 5.02 Å². The Morgan fingerprint density at radius 2 is 1.84 bits per heavy atom. The molecule has 0 aliphatic carbocycles. The molecule has 0 heterocycles. The van der Waals surface area contributed by atoms with Gasteiger partial charge in [0.15, 0.2) is 0 Å². The molecule has 0 aliphatic heterocycles. The number of hydrogen-bond donors (Lipinski definition) is 1. The highest BCUT2D eigenvalue weighted by molar-refractivity contribution is 7.99. The van der Waals surface area contributed by atoms with Crippen molar-refractivity contribution in [1.82, 2.24) is 10.2 Å². The van der Waals surface area contributed by atoms with Crippen molar-refractivity contribution in [3.8, 4) is 0 Å². The molecule has 2 rings (SSSR count). The molecular formula is C24H30ClFN2O2S. The highest BCUT2D eigenvalue weighted by atomic mass is 35.5. The number of nitrogens with one attached hydrogen (secondary N) is 1. The molecule has 0 aliphatic rings. The van der Waals surface area contributed by atoms with Crippen LogP contribution in [0.1, 0.15) is 45.1 Å². The molecule has 0 unspecified atom stereocenters. The van der Waals surface area contributed by atoms with Gasteiger partial charge in [0, 0.05) is 35.0 Å². The fourth-order valence-electron chi connectivity index (χ4n) is 3.02. The Balaban J connectivity index is 1.98. The summed E-state index contributed by atoms with van der Waals surface area (Å²) < 4.78 is 14.2. The average Bonchev–Trinajstić information content (AvgIpc) is 2.77. The number of amides is 2. The molecule has 0 saturated carbocycles. The Labute approximate surface area is 193 Å². The third kappa shape index (κ3) is 8.54. The Hall–Kier alpha value is -2.05. The molecule has 1 atom stereocenters. The van der Waals surface area contributed by atoms with Crippen molar-refractivity contribution in [3.63, 3.8) is 0 Å². The first-order valence-electron chi connectivity index (χ1n) is 10.6. The third-order valence-electron chi connectivity index (χ3n) is 4.91. The van der Waals surface area contributed by atoms with Crippen LogP contribution in [0, 0.1) is 5.82 Å². The summed E-state index contributed by atoms with van der Waals surface area (Å²) >= 11 is 7.55. The van der Waals surface area contributed by atoms with Gasteiger partial charge in [-0.2, -0.15) is 0 Å². The number of nitrogens with zero attached hydrogens (tertiary/aromatic N) is 1. The zero-order valence-electron chi connectivity index (χ0n) is 18.1. The summed E-state index contributed by atoms with van der Waals surface area (Å²) in [5, 5.41) is 3.56. The van der Waals surface area contributed by atoms with E-state index in [-0.39, 0.29) is 24.2 Å². The van der Waals surface area contributed by atoms with Gasteiger partial charge >= 0.3 is 0 Å². The molecular weight excluding hydrogens is 435 g/mol. The van der Waals surface area contributed by atoms with Crippen molar-refractivity contribution in [1.29, 1.82) is 0 Å². The molecule has 2 aromatic carbocycles. The van der Waals surface area contributed by atoms with E-state index in [1.165, 1.54) is 11.0 Å². The number of halogens is 2. The highest BCUT2D eigenvalue weighted by Gasteiger charge is 2.26. The van der Waals surface area contributed by atoms with Crippen molar-refractivity contribution < 1.29 is 14.0 Å². The molecule has 2 amide bonds. The van der Waals surface area contributed by atoms with Gasteiger partial charge in [-0.3, -0.25) is 9.59 Å². The van der Waals surface area contributed by atoms with Crippen LogP contribution >= 0.6 is 23.4 Å². The van der Waals surface area contributed by atoms with E-state index >= 15 is 0 Å². The third-order valence-corrected chi connectivity index (χ3v) is 6.26. The number of unbranched alkanes of at least 4 members (excludes halogenated alkanes) is 1. The minimum absolute atomic E-state index is 0.0677. The molecule has 2 aromatic rings. The predicted octanol–water partition coefficient (Wildman–Crippen LogP) is 5.69. The van der Waals surface area contributed by atoms with Crippen molar-refractivity contribution in [3.05, 3.63) is 64.9 Å². The van der Waals surface area contributed by atoms with Crippen LogP contribution in [0.4, 0.5) is 4.39 Å². The number of rotatable bonds is 12. The number of thioether (sulfide) groups is 1. The fourth-order valence-corrected chi connectivity index (χ4v) is 4.00. The molecule has 7 heteroatoms. The molecule has 1 N–H and O–H groups in total. The minimum atomic E-state index is -0.673. The van der Waals surface area contributed by atoms with Gasteiger partial charge in [0.1, 0.15) is 11.9 Å². The van der Waals surface area contributed by atoms with Gasteiger partial charge in [0.05, 0.1) is 0 Å². The van der Waals surface area contributed by atoms with Crippen molar-refractivity contribution in [2.24, 2.45) is 0 Å². The van der Waals surface area contributed by atoms with Crippen molar-refractivity contribution in [2.45, 2.75) is 57.0 Å². The van der Waals surface area contributed by atoms with Crippen LogP contribution in [-0.2, 0) is 16.1 Å². The summed E-state index contributed by atoms with van der Waals surface area (Å²) in [6, 6.07) is 13.3. The largest absolute Gasteiger partial charge is 0.354 e. The second-order valence-electron chi connectivity index (χ2n) is 7.34. The van der Waals surface area contributed by atoms with Gasteiger partial charge in [-0.05, 0) is 55.9 Å². The predicted molar refractivity (Wildman–Crippen MR) is 126 cm³/mol. The lowest BCUT2D eigenvalue weighted by Gasteiger charge is -2.29. The second kappa shape index (κ2) is 13.4. The molecule has 31 heavy (non-hydrogen) atoms. The summed E-state index contributed by atoms with van der Waals surface area (Å²) in [6.07, 6.45) is 2.80. The normalized spacial score (nSPS) is 11.7. The first-order chi connectivity index (χ1) is 14.9. The molecule has 0 spiro atoms. The van der Waals surface area contributed by atoms with E-state index in [1.807, 2.05) is 31.2 Å². The zero-order valence-corrected chi connectivity index (χ0v) is 19.6. The molecule has 0 fully saturated rings. The van der Waals surface area contributed by atoms with Crippen LogP contribution in [0.15, 0.2) is 53.4 Å². The van der Waals surface area contributed by atoms with E-state index in [9.17, 15) is 14.0 Å². The van der Waals surface area contributed by atoms with Gasteiger partial charge in [-0.1, -0.05) is 43.1 Å². The molecule has 0 aromatic heterocycles. The maximum absolute atomic E-state index is 14.2. The Kier molecular flexibility index (Phi) is 10.9.